The van der Waals surface area contributed by atoms with Crippen molar-refractivity contribution >= 4 is 17.7 Å². The molecule has 7 heteroatoms. The van der Waals surface area contributed by atoms with Gasteiger partial charge in [0.1, 0.15) is 0 Å². The summed E-state index contributed by atoms with van der Waals surface area (Å²) in [6, 6.07) is 0.0852. The number of piperidine rings is 1. The fraction of sp³-hybridized carbons (Fsp3) is 0.800. The summed E-state index contributed by atoms with van der Waals surface area (Å²) in [5.74, 6) is -0.668. The van der Waals surface area contributed by atoms with Gasteiger partial charge in [-0.25, -0.2) is 0 Å². The van der Waals surface area contributed by atoms with E-state index in [1.807, 2.05) is 6.92 Å². The second kappa shape index (κ2) is 9.40. The number of hydrogen-bond donors (Lipinski definition) is 3. The van der Waals surface area contributed by atoms with Gasteiger partial charge >= 0.3 is 0 Å². The van der Waals surface area contributed by atoms with Crippen LogP contribution in [0.4, 0.5) is 0 Å². The predicted molar refractivity (Wildman–Crippen MR) is 83.9 cm³/mol. The van der Waals surface area contributed by atoms with E-state index < -0.39 is 0 Å². The van der Waals surface area contributed by atoms with Gasteiger partial charge in [-0.05, 0) is 26.2 Å². The third-order valence-corrected chi connectivity index (χ3v) is 4.02. The van der Waals surface area contributed by atoms with Gasteiger partial charge < -0.3 is 21.3 Å². The number of amides is 3. The molecule has 7 nitrogen and oxygen atoms in total. The Morgan fingerprint density at radius 1 is 1.23 bits per heavy atom. The molecule has 1 saturated heterocycles. The van der Waals surface area contributed by atoms with E-state index in [1.54, 1.807) is 4.90 Å². The van der Waals surface area contributed by atoms with E-state index >= 15 is 0 Å². The van der Waals surface area contributed by atoms with Gasteiger partial charge in [-0.1, -0.05) is 13.3 Å². The van der Waals surface area contributed by atoms with E-state index in [9.17, 15) is 14.4 Å². The Bertz CT molecular complexity index is 400. The van der Waals surface area contributed by atoms with E-state index in [-0.39, 0.29) is 42.8 Å². The number of nitrogens with one attached hydrogen (secondary N) is 2. The summed E-state index contributed by atoms with van der Waals surface area (Å²) < 4.78 is 0. The molecule has 1 aliphatic rings. The van der Waals surface area contributed by atoms with Gasteiger partial charge in [0.15, 0.2) is 0 Å². The molecule has 0 radical (unpaired) electrons. The van der Waals surface area contributed by atoms with Crippen molar-refractivity contribution in [2.75, 3.05) is 26.2 Å². The normalized spacial score (nSPS) is 21.3. The SMILES string of the molecule is CCCCNC(=O)C1CCC(C)N(C(=O)CNC(=O)CN)C1. The van der Waals surface area contributed by atoms with Crippen molar-refractivity contribution in [3.63, 3.8) is 0 Å². The standard InChI is InChI=1S/C15H28N4O3/c1-3-4-7-17-15(22)12-6-5-11(2)19(10-12)14(21)9-18-13(20)8-16/h11-12H,3-10,16H2,1-2H3,(H,17,22)(H,18,20). The van der Waals surface area contributed by atoms with Crippen LogP contribution in [-0.4, -0.2) is 54.8 Å². The lowest BCUT2D eigenvalue weighted by Crippen LogP contribution is -2.52. The Hall–Kier alpha value is -1.63. The highest BCUT2D eigenvalue weighted by Crippen LogP contribution is 2.22. The fourth-order valence-corrected chi connectivity index (χ4v) is 2.55. The van der Waals surface area contributed by atoms with Crippen molar-refractivity contribution in [2.24, 2.45) is 11.7 Å². The summed E-state index contributed by atoms with van der Waals surface area (Å²) in [5.41, 5.74) is 5.19. The molecule has 0 aromatic rings. The molecule has 1 aliphatic heterocycles. The van der Waals surface area contributed by atoms with Crippen molar-refractivity contribution in [2.45, 2.75) is 45.6 Å². The first-order valence-electron chi connectivity index (χ1n) is 8.03. The summed E-state index contributed by atoms with van der Waals surface area (Å²) in [6.07, 6.45) is 3.58. The summed E-state index contributed by atoms with van der Waals surface area (Å²) in [6.45, 7) is 4.94. The molecule has 0 bridgehead atoms. The number of hydrogen-bond acceptors (Lipinski definition) is 4. The Labute approximate surface area is 132 Å². The van der Waals surface area contributed by atoms with Crippen molar-refractivity contribution < 1.29 is 14.4 Å². The largest absolute Gasteiger partial charge is 0.356 e. The molecule has 1 heterocycles. The van der Waals surface area contributed by atoms with E-state index in [4.69, 9.17) is 5.73 Å². The molecule has 1 fully saturated rings. The smallest absolute Gasteiger partial charge is 0.242 e. The molecule has 1 rings (SSSR count). The van der Waals surface area contributed by atoms with Crippen LogP contribution in [0.15, 0.2) is 0 Å². The summed E-state index contributed by atoms with van der Waals surface area (Å²) in [7, 11) is 0. The van der Waals surface area contributed by atoms with Gasteiger partial charge in [0.2, 0.25) is 17.7 Å². The van der Waals surface area contributed by atoms with Crippen LogP contribution in [0.1, 0.15) is 39.5 Å². The van der Waals surface area contributed by atoms with Gasteiger partial charge in [0.25, 0.3) is 0 Å². The molecule has 0 aromatic heterocycles. The van der Waals surface area contributed by atoms with Gasteiger partial charge in [-0.15, -0.1) is 0 Å². The number of nitrogens with zero attached hydrogens (tertiary/aromatic N) is 1. The summed E-state index contributed by atoms with van der Waals surface area (Å²) in [4.78, 5) is 37.1. The highest BCUT2D eigenvalue weighted by Gasteiger charge is 2.32. The molecule has 0 aromatic carbocycles. The first kappa shape index (κ1) is 18.4. The second-order valence-electron chi connectivity index (χ2n) is 5.79. The van der Waals surface area contributed by atoms with Crippen LogP contribution in [0, 0.1) is 5.92 Å². The van der Waals surface area contributed by atoms with Crippen LogP contribution in [0.2, 0.25) is 0 Å². The topological polar surface area (TPSA) is 105 Å². The molecular weight excluding hydrogens is 284 g/mol. The zero-order valence-electron chi connectivity index (χ0n) is 13.6. The van der Waals surface area contributed by atoms with Crippen molar-refractivity contribution in [3.05, 3.63) is 0 Å². The van der Waals surface area contributed by atoms with Gasteiger partial charge in [0.05, 0.1) is 19.0 Å². The maximum atomic E-state index is 12.2. The summed E-state index contributed by atoms with van der Waals surface area (Å²) in [5, 5.41) is 5.40. The van der Waals surface area contributed by atoms with Crippen LogP contribution in [0.25, 0.3) is 0 Å². The van der Waals surface area contributed by atoms with Crippen LogP contribution < -0.4 is 16.4 Å². The third kappa shape index (κ3) is 5.63. The predicted octanol–water partition coefficient (Wildman–Crippen LogP) is -0.395. The first-order valence-corrected chi connectivity index (χ1v) is 8.03. The van der Waals surface area contributed by atoms with E-state index in [1.165, 1.54) is 0 Å². The molecule has 126 valence electrons. The average Bonchev–Trinajstić information content (AvgIpc) is 2.52. The molecule has 3 amide bonds. The van der Waals surface area contributed by atoms with Gasteiger partial charge in [-0.2, -0.15) is 0 Å². The monoisotopic (exact) mass is 312 g/mol. The van der Waals surface area contributed by atoms with Crippen LogP contribution in [0.5, 0.6) is 0 Å². The van der Waals surface area contributed by atoms with Crippen LogP contribution >= 0.6 is 0 Å². The Balaban J connectivity index is 2.50. The van der Waals surface area contributed by atoms with Crippen molar-refractivity contribution in [1.82, 2.24) is 15.5 Å². The number of unbranched alkanes of at least 4 members (excludes halogenated alkanes) is 1. The van der Waals surface area contributed by atoms with Crippen LogP contribution in [0.3, 0.4) is 0 Å². The number of carbonyl (C=O) groups is 3. The molecule has 2 atom stereocenters. The minimum absolute atomic E-state index is 0.0177. The van der Waals surface area contributed by atoms with Crippen molar-refractivity contribution in [1.29, 1.82) is 0 Å². The highest BCUT2D eigenvalue weighted by molar-refractivity contribution is 5.86. The lowest BCUT2D eigenvalue weighted by molar-refractivity contribution is -0.139. The van der Waals surface area contributed by atoms with Gasteiger partial charge in [0, 0.05) is 19.1 Å². The molecule has 2 unspecified atom stereocenters. The average molecular weight is 312 g/mol. The zero-order chi connectivity index (χ0) is 16.5. The van der Waals surface area contributed by atoms with Gasteiger partial charge in [-0.3, -0.25) is 14.4 Å². The molecule has 4 N–H and O–H groups in total. The molecule has 0 spiro atoms. The Morgan fingerprint density at radius 3 is 2.59 bits per heavy atom. The minimum Gasteiger partial charge on any atom is -0.356 e. The summed E-state index contributed by atoms with van der Waals surface area (Å²) >= 11 is 0. The maximum Gasteiger partial charge on any atom is 0.242 e. The Morgan fingerprint density at radius 2 is 1.95 bits per heavy atom. The molecular formula is C15H28N4O3. The van der Waals surface area contributed by atoms with Crippen molar-refractivity contribution in [3.8, 4) is 0 Å². The second-order valence-corrected chi connectivity index (χ2v) is 5.79. The molecule has 0 saturated carbocycles. The highest BCUT2D eigenvalue weighted by atomic mass is 16.2. The minimum atomic E-state index is -0.355. The third-order valence-electron chi connectivity index (χ3n) is 4.02. The van der Waals surface area contributed by atoms with E-state index in [0.29, 0.717) is 13.1 Å². The number of likely N-dealkylation sites (tertiary alicyclic amines) is 1. The fourth-order valence-electron chi connectivity index (χ4n) is 2.55. The maximum absolute atomic E-state index is 12.2. The van der Waals surface area contributed by atoms with E-state index in [2.05, 4.69) is 17.6 Å². The first-order chi connectivity index (χ1) is 10.5. The molecule has 0 aliphatic carbocycles. The number of nitrogens with two attached hydrogens (primary N) is 1. The lowest BCUT2D eigenvalue weighted by atomic mass is 9.92. The van der Waals surface area contributed by atoms with Crippen LogP contribution in [-0.2, 0) is 14.4 Å². The quantitative estimate of drug-likeness (QED) is 0.557. The Kier molecular flexibility index (Phi) is 7.87. The number of rotatable bonds is 7. The molecule has 22 heavy (non-hydrogen) atoms. The zero-order valence-corrected chi connectivity index (χ0v) is 13.6. The number of carbonyl (C=O) groups excluding carboxylic acids is 3. The van der Waals surface area contributed by atoms with E-state index in [0.717, 1.165) is 25.7 Å². The lowest BCUT2D eigenvalue weighted by Gasteiger charge is -2.37.